The monoisotopic (exact) mass is 271 g/mol. The van der Waals surface area contributed by atoms with Crippen molar-refractivity contribution in [1.82, 2.24) is 9.88 Å². The lowest BCUT2D eigenvalue weighted by Crippen LogP contribution is -2.32. The summed E-state index contributed by atoms with van der Waals surface area (Å²) in [4.78, 5) is 8.36. The Hall–Kier alpha value is -1.30. The van der Waals surface area contributed by atoms with Crippen LogP contribution < -0.4 is 4.90 Å². The number of aromatic nitrogens is 1. The van der Waals surface area contributed by atoms with E-state index >= 15 is 0 Å². The van der Waals surface area contributed by atoms with Crippen LogP contribution >= 0.6 is 0 Å². The molecule has 0 N–H and O–H groups in total. The molecule has 2 aliphatic heterocycles. The molecule has 1 aromatic rings. The van der Waals surface area contributed by atoms with Crippen molar-refractivity contribution < 1.29 is 13.2 Å². The van der Waals surface area contributed by atoms with Gasteiger partial charge in [0.25, 0.3) is 0 Å². The van der Waals surface area contributed by atoms with Crippen LogP contribution in [-0.4, -0.2) is 42.6 Å². The molecule has 3 heterocycles. The molecule has 104 valence electrons. The van der Waals surface area contributed by atoms with Crippen LogP contribution in [0.4, 0.5) is 19.0 Å². The number of alkyl halides is 3. The Bertz CT molecular complexity index is 474. The lowest BCUT2D eigenvalue weighted by atomic mass is 10.1. The Morgan fingerprint density at radius 2 is 2.11 bits per heavy atom. The van der Waals surface area contributed by atoms with Crippen LogP contribution in [0, 0.1) is 5.92 Å². The summed E-state index contributed by atoms with van der Waals surface area (Å²) in [5, 5.41) is 0. The third kappa shape index (κ3) is 2.29. The summed E-state index contributed by atoms with van der Waals surface area (Å²) in [7, 11) is 2.08. The average Bonchev–Trinajstić information content (AvgIpc) is 2.91. The molecule has 0 saturated carbocycles. The van der Waals surface area contributed by atoms with Gasteiger partial charge in [0.05, 0.1) is 5.56 Å². The molecule has 19 heavy (non-hydrogen) atoms. The predicted molar refractivity (Wildman–Crippen MR) is 66.0 cm³/mol. The molecule has 0 aromatic carbocycles. The van der Waals surface area contributed by atoms with Crippen LogP contribution in [0.2, 0.25) is 0 Å². The van der Waals surface area contributed by atoms with Gasteiger partial charge in [-0.15, -0.1) is 0 Å². The number of likely N-dealkylation sites (N-methyl/N-ethyl adjacent to an activating group) is 1. The maximum atomic E-state index is 12.7. The zero-order valence-electron chi connectivity index (χ0n) is 10.7. The van der Waals surface area contributed by atoms with Gasteiger partial charge in [0.2, 0.25) is 0 Å². The molecule has 0 aliphatic carbocycles. The minimum absolute atomic E-state index is 0.442. The van der Waals surface area contributed by atoms with Crippen molar-refractivity contribution in [3.05, 3.63) is 23.9 Å². The van der Waals surface area contributed by atoms with Crippen molar-refractivity contribution in [2.75, 3.05) is 31.6 Å². The van der Waals surface area contributed by atoms with E-state index in [1.807, 2.05) is 4.90 Å². The summed E-state index contributed by atoms with van der Waals surface area (Å²) in [6, 6.07) is 2.63. The normalized spacial score (nSPS) is 27.9. The van der Waals surface area contributed by atoms with Crippen molar-refractivity contribution in [3.63, 3.8) is 0 Å². The van der Waals surface area contributed by atoms with E-state index in [1.165, 1.54) is 6.20 Å². The highest BCUT2D eigenvalue weighted by molar-refractivity contribution is 5.44. The molecule has 0 bridgehead atoms. The molecule has 0 amide bonds. The van der Waals surface area contributed by atoms with Crippen molar-refractivity contribution in [1.29, 1.82) is 0 Å². The first kappa shape index (κ1) is 12.7. The Kier molecular flexibility index (Phi) is 2.92. The molecule has 3 nitrogen and oxygen atoms in total. The largest absolute Gasteiger partial charge is 0.416 e. The molecule has 2 aliphatic rings. The number of hydrogen-bond acceptors (Lipinski definition) is 3. The first-order valence-electron chi connectivity index (χ1n) is 6.43. The van der Waals surface area contributed by atoms with Gasteiger partial charge in [0, 0.05) is 25.3 Å². The van der Waals surface area contributed by atoms with E-state index in [-0.39, 0.29) is 0 Å². The summed E-state index contributed by atoms with van der Waals surface area (Å²) in [5.74, 6) is 0.999. The molecule has 2 fully saturated rings. The fourth-order valence-corrected chi connectivity index (χ4v) is 3.13. The van der Waals surface area contributed by atoms with E-state index in [1.54, 1.807) is 0 Å². The van der Waals surface area contributed by atoms with Gasteiger partial charge in [-0.2, -0.15) is 13.2 Å². The molecule has 3 rings (SSSR count). The maximum absolute atomic E-state index is 12.7. The highest BCUT2D eigenvalue weighted by Gasteiger charge is 2.40. The zero-order valence-corrected chi connectivity index (χ0v) is 10.7. The van der Waals surface area contributed by atoms with Crippen LogP contribution in [0.3, 0.4) is 0 Å². The second-order valence-electron chi connectivity index (χ2n) is 5.40. The Morgan fingerprint density at radius 3 is 2.79 bits per heavy atom. The van der Waals surface area contributed by atoms with Crippen molar-refractivity contribution in [2.24, 2.45) is 5.92 Å². The van der Waals surface area contributed by atoms with Crippen LogP contribution in [-0.2, 0) is 6.18 Å². The molecule has 2 atom stereocenters. The van der Waals surface area contributed by atoms with Gasteiger partial charge in [0.1, 0.15) is 5.82 Å². The van der Waals surface area contributed by atoms with Gasteiger partial charge in [-0.1, -0.05) is 0 Å². The smallest absolute Gasteiger partial charge is 0.355 e. The van der Waals surface area contributed by atoms with Crippen molar-refractivity contribution in [3.8, 4) is 0 Å². The van der Waals surface area contributed by atoms with Crippen LogP contribution in [0.15, 0.2) is 18.3 Å². The van der Waals surface area contributed by atoms with Crippen molar-refractivity contribution in [2.45, 2.75) is 18.6 Å². The quantitative estimate of drug-likeness (QED) is 0.781. The predicted octanol–water partition coefficient (Wildman–Crippen LogP) is 2.24. The summed E-state index contributed by atoms with van der Waals surface area (Å²) in [6.45, 7) is 2.66. The second kappa shape index (κ2) is 4.37. The highest BCUT2D eigenvalue weighted by Crippen LogP contribution is 2.35. The van der Waals surface area contributed by atoms with Gasteiger partial charge >= 0.3 is 6.18 Å². The molecule has 2 saturated heterocycles. The third-order valence-corrected chi connectivity index (χ3v) is 4.22. The van der Waals surface area contributed by atoms with E-state index in [0.29, 0.717) is 17.8 Å². The first-order chi connectivity index (χ1) is 8.95. The number of nitrogens with zero attached hydrogens (tertiary/aromatic N) is 3. The average molecular weight is 271 g/mol. The summed E-state index contributed by atoms with van der Waals surface area (Å²) in [6.07, 6.45) is -1.93. The number of pyridine rings is 1. The van der Waals surface area contributed by atoms with Gasteiger partial charge < -0.3 is 9.80 Å². The zero-order chi connectivity index (χ0) is 13.6. The fourth-order valence-electron chi connectivity index (χ4n) is 3.13. The van der Waals surface area contributed by atoms with Gasteiger partial charge in [-0.3, -0.25) is 0 Å². The van der Waals surface area contributed by atoms with Crippen LogP contribution in [0.1, 0.15) is 12.0 Å². The Balaban J connectivity index is 1.81. The van der Waals surface area contributed by atoms with Crippen molar-refractivity contribution >= 4 is 5.82 Å². The second-order valence-corrected chi connectivity index (χ2v) is 5.40. The molecule has 0 spiro atoms. The van der Waals surface area contributed by atoms with E-state index in [4.69, 9.17) is 0 Å². The highest BCUT2D eigenvalue weighted by atomic mass is 19.4. The number of halogens is 3. The Labute approximate surface area is 110 Å². The minimum Gasteiger partial charge on any atom is -0.355 e. The van der Waals surface area contributed by atoms with E-state index in [9.17, 15) is 13.2 Å². The van der Waals surface area contributed by atoms with Gasteiger partial charge in [-0.05, 0) is 38.1 Å². The maximum Gasteiger partial charge on any atom is 0.416 e. The fraction of sp³-hybridized carbons (Fsp3) is 0.615. The van der Waals surface area contributed by atoms with Crippen LogP contribution in [0.5, 0.6) is 0 Å². The molecule has 1 aromatic heterocycles. The molecule has 0 unspecified atom stereocenters. The molecule has 6 heteroatoms. The minimum atomic E-state index is -4.30. The number of likely N-dealkylation sites (tertiary alicyclic amines) is 1. The standard InChI is InChI=1S/C13H16F3N3/c1-18-5-3-9-7-19(8-11(9)18)12-6-10(2-4-17-12)13(14,15)16/h2,4,6,9,11H,3,5,7-8H2,1H3/t9-,11+/m1/s1. The van der Waals surface area contributed by atoms with E-state index < -0.39 is 11.7 Å². The summed E-state index contributed by atoms with van der Waals surface area (Å²) < 4.78 is 38.1. The first-order valence-corrected chi connectivity index (χ1v) is 6.43. The Morgan fingerprint density at radius 1 is 1.32 bits per heavy atom. The lowest BCUT2D eigenvalue weighted by Gasteiger charge is -2.22. The lowest BCUT2D eigenvalue weighted by molar-refractivity contribution is -0.137. The van der Waals surface area contributed by atoms with E-state index in [0.717, 1.165) is 38.2 Å². The van der Waals surface area contributed by atoms with E-state index in [2.05, 4.69) is 16.9 Å². The van der Waals surface area contributed by atoms with Crippen LogP contribution in [0.25, 0.3) is 0 Å². The third-order valence-electron chi connectivity index (χ3n) is 4.22. The topological polar surface area (TPSA) is 19.4 Å². The summed E-state index contributed by atoms with van der Waals surface area (Å²) in [5.41, 5.74) is -0.622. The molecule has 0 radical (unpaired) electrons. The van der Waals surface area contributed by atoms with Gasteiger partial charge in [0.15, 0.2) is 0 Å². The van der Waals surface area contributed by atoms with Gasteiger partial charge in [-0.25, -0.2) is 4.98 Å². The molecular weight excluding hydrogens is 255 g/mol. The molecular formula is C13H16F3N3. The number of anilines is 1. The number of fused-ring (bicyclic) bond motifs is 1. The number of hydrogen-bond donors (Lipinski definition) is 0. The SMILES string of the molecule is CN1CC[C@@H]2CN(c3cc(C(F)(F)F)ccn3)C[C@@H]21. The summed E-state index contributed by atoms with van der Waals surface area (Å²) >= 11 is 0. The number of rotatable bonds is 1.